The standard InChI is InChI=1S/C14H15NO2S/c1-2-16-13-8-3-4-9-14(13)17-11-6-5-7-12(10-11)18-15/h3-10H,2,15H2,1H3. The van der Waals surface area contributed by atoms with Crippen molar-refractivity contribution in [3.63, 3.8) is 0 Å². The minimum Gasteiger partial charge on any atom is -0.490 e. The second-order valence-corrected chi connectivity index (χ2v) is 4.28. The lowest BCUT2D eigenvalue weighted by molar-refractivity contribution is 0.321. The number of hydrogen-bond donors (Lipinski definition) is 1. The molecule has 3 nitrogen and oxygen atoms in total. The highest BCUT2D eigenvalue weighted by Gasteiger charge is 2.05. The number of hydrogen-bond acceptors (Lipinski definition) is 4. The van der Waals surface area contributed by atoms with E-state index in [1.165, 1.54) is 11.9 Å². The zero-order valence-electron chi connectivity index (χ0n) is 10.1. The second kappa shape index (κ2) is 6.33. The SMILES string of the molecule is CCOc1ccccc1Oc1cccc(SN)c1. The van der Waals surface area contributed by atoms with Crippen LogP contribution < -0.4 is 14.6 Å². The van der Waals surface area contributed by atoms with Crippen LogP contribution in [0.1, 0.15) is 6.92 Å². The Morgan fingerprint density at radius 2 is 1.83 bits per heavy atom. The average molecular weight is 261 g/mol. The Kier molecular flexibility index (Phi) is 4.50. The number of nitrogens with two attached hydrogens (primary N) is 1. The Bertz CT molecular complexity index is 517. The largest absolute Gasteiger partial charge is 0.490 e. The molecule has 0 aromatic heterocycles. The lowest BCUT2D eigenvalue weighted by Gasteiger charge is -2.11. The number of rotatable bonds is 5. The molecule has 2 aromatic carbocycles. The minimum absolute atomic E-state index is 0.610. The molecule has 0 radical (unpaired) electrons. The molecular formula is C14H15NO2S. The number of para-hydroxylation sites is 2. The van der Waals surface area contributed by atoms with Gasteiger partial charge in [-0.3, -0.25) is 5.14 Å². The summed E-state index contributed by atoms with van der Waals surface area (Å²) in [5.74, 6) is 2.20. The maximum atomic E-state index is 5.81. The van der Waals surface area contributed by atoms with Crippen LogP contribution in [0.3, 0.4) is 0 Å². The first-order chi connectivity index (χ1) is 8.83. The molecule has 0 bridgehead atoms. The summed E-state index contributed by atoms with van der Waals surface area (Å²) < 4.78 is 11.3. The van der Waals surface area contributed by atoms with Gasteiger partial charge in [0, 0.05) is 4.90 Å². The highest BCUT2D eigenvalue weighted by Crippen LogP contribution is 2.32. The molecule has 0 aliphatic carbocycles. The monoisotopic (exact) mass is 261 g/mol. The van der Waals surface area contributed by atoms with Crippen LogP contribution >= 0.6 is 11.9 Å². The molecule has 4 heteroatoms. The van der Waals surface area contributed by atoms with Crippen molar-refractivity contribution in [3.05, 3.63) is 48.5 Å². The molecule has 2 aromatic rings. The maximum Gasteiger partial charge on any atom is 0.169 e. The van der Waals surface area contributed by atoms with Crippen molar-refractivity contribution < 1.29 is 9.47 Å². The zero-order valence-corrected chi connectivity index (χ0v) is 10.9. The molecule has 0 saturated carbocycles. The van der Waals surface area contributed by atoms with Crippen LogP contribution in [0.15, 0.2) is 53.4 Å². The molecule has 2 N–H and O–H groups in total. The third kappa shape index (κ3) is 3.18. The van der Waals surface area contributed by atoms with E-state index in [0.29, 0.717) is 12.4 Å². The first-order valence-corrected chi connectivity index (χ1v) is 6.58. The molecule has 0 fully saturated rings. The average Bonchev–Trinajstić information content (AvgIpc) is 2.41. The molecule has 0 heterocycles. The fourth-order valence-electron chi connectivity index (χ4n) is 1.55. The zero-order chi connectivity index (χ0) is 12.8. The molecular weight excluding hydrogens is 246 g/mol. The van der Waals surface area contributed by atoms with Crippen LogP contribution in [0.25, 0.3) is 0 Å². The fourth-order valence-corrected chi connectivity index (χ4v) is 1.89. The third-order valence-electron chi connectivity index (χ3n) is 2.32. The Morgan fingerprint density at radius 1 is 1.06 bits per heavy atom. The van der Waals surface area contributed by atoms with E-state index in [1.54, 1.807) is 0 Å². The van der Waals surface area contributed by atoms with Crippen molar-refractivity contribution >= 4 is 11.9 Å². The summed E-state index contributed by atoms with van der Waals surface area (Å²) in [5.41, 5.74) is 0. The molecule has 2 rings (SSSR count). The van der Waals surface area contributed by atoms with Gasteiger partial charge in [-0.05, 0) is 49.2 Å². The second-order valence-electron chi connectivity index (χ2n) is 3.57. The van der Waals surface area contributed by atoms with E-state index >= 15 is 0 Å². The molecule has 0 aliphatic heterocycles. The predicted molar refractivity (Wildman–Crippen MR) is 74.2 cm³/mol. The maximum absolute atomic E-state index is 5.81. The first kappa shape index (κ1) is 12.8. The van der Waals surface area contributed by atoms with Crippen LogP contribution in [0.2, 0.25) is 0 Å². The Morgan fingerprint density at radius 3 is 2.56 bits per heavy atom. The topological polar surface area (TPSA) is 44.5 Å². The van der Waals surface area contributed by atoms with Gasteiger partial charge in [-0.15, -0.1) is 0 Å². The minimum atomic E-state index is 0.610. The summed E-state index contributed by atoms with van der Waals surface area (Å²) in [6.45, 7) is 2.56. The van der Waals surface area contributed by atoms with Crippen molar-refractivity contribution in [2.45, 2.75) is 11.8 Å². The van der Waals surface area contributed by atoms with Gasteiger partial charge in [-0.25, -0.2) is 0 Å². The first-order valence-electron chi connectivity index (χ1n) is 5.70. The van der Waals surface area contributed by atoms with Gasteiger partial charge in [-0.2, -0.15) is 0 Å². The van der Waals surface area contributed by atoms with Gasteiger partial charge in [0.2, 0.25) is 0 Å². The summed E-state index contributed by atoms with van der Waals surface area (Å²) in [6, 6.07) is 15.2. The van der Waals surface area contributed by atoms with Gasteiger partial charge in [0.05, 0.1) is 6.61 Å². The Labute approximate surface area is 111 Å². The van der Waals surface area contributed by atoms with Gasteiger partial charge in [0.15, 0.2) is 11.5 Å². The van der Waals surface area contributed by atoms with E-state index < -0.39 is 0 Å². The third-order valence-corrected chi connectivity index (χ3v) is 2.84. The van der Waals surface area contributed by atoms with E-state index in [9.17, 15) is 0 Å². The molecule has 0 amide bonds. The Balaban J connectivity index is 2.22. The summed E-state index contributed by atoms with van der Waals surface area (Å²) >= 11 is 1.20. The van der Waals surface area contributed by atoms with Gasteiger partial charge < -0.3 is 9.47 Å². The lowest BCUT2D eigenvalue weighted by Crippen LogP contribution is -1.94. The molecule has 94 valence electrons. The summed E-state index contributed by atoms with van der Waals surface area (Å²) in [7, 11) is 0. The predicted octanol–water partition coefficient (Wildman–Crippen LogP) is 3.84. The van der Waals surface area contributed by atoms with Crippen LogP contribution in [0.4, 0.5) is 0 Å². The molecule has 0 aliphatic rings. The quantitative estimate of drug-likeness (QED) is 0.830. The van der Waals surface area contributed by atoms with E-state index in [-0.39, 0.29) is 0 Å². The highest BCUT2D eigenvalue weighted by atomic mass is 32.2. The van der Waals surface area contributed by atoms with Crippen molar-refractivity contribution in [1.29, 1.82) is 0 Å². The van der Waals surface area contributed by atoms with Crippen LogP contribution in [0.5, 0.6) is 17.2 Å². The Hall–Kier alpha value is -1.65. The van der Waals surface area contributed by atoms with Crippen LogP contribution in [-0.2, 0) is 0 Å². The molecule has 0 unspecified atom stereocenters. The van der Waals surface area contributed by atoms with Crippen molar-refractivity contribution in [2.24, 2.45) is 5.14 Å². The highest BCUT2D eigenvalue weighted by molar-refractivity contribution is 7.97. The smallest absolute Gasteiger partial charge is 0.169 e. The fraction of sp³-hybridized carbons (Fsp3) is 0.143. The number of ether oxygens (including phenoxy) is 2. The van der Waals surface area contributed by atoms with Crippen LogP contribution in [-0.4, -0.2) is 6.61 Å². The van der Waals surface area contributed by atoms with Crippen molar-refractivity contribution in [1.82, 2.24) is 0 Å². The number of benzene rings is 2. The van der Waals surface area contributed by atoms with Gasteiger partial charge in [0.1, 0.15) is 5.75 Å². The molecule has 0 saturated heterocycles. The summed E-state index contributed by atoms with van der Waals surface area (Å²) in [5, 5.41) is 5.53. The summed E-state index contributed by atoms with van der Waals surface area (Å²) in [6.07, 6.45) is 0. The normalized spacial score (nSPS) is 10.1. The van der Waals surface area contributed by atoms with E-state index in [4.69, 9.17) is 14.6 Å². The molecule has 18 heavy (non-hydrogen) atoms. The lowest BCUT2D eigenvalue weighted by atomic mass is 10.3. The van der Waals surface area contributed by atoms with Crippen molar-refractivity contribution in [2.75, 3.05) is 6.61 Å². The van der Waals surface area contributed by atoms with Gasteiger partial charge in [-0.1, -0.05) is 18.2 Å². The molecule has 0 atom stereocenters. The van der Waals surface area contributed by atoms with E-state index in [1.807, 2.05) is 55.5 Å². The summed E-state index contributed by atoms with van der Waals surface area (Å²) in [4.78, 5) is 0.960. The van der Waals surface area contributed by atoms with Gasteiger partial charge in [0.25, 0.3) is 0 Å². The van der Waals surface area contributed by atoms with E-state index in [2.05, 4.69) is 0 Å². The van der Waals surface area contributed by atoms with E-state index in [0.717, 1.165) is 16.4 Å². The van der Waals surface area contributed by atoms with Crippen molar-refractivity contribution in [3.8, 4) is 17.2 Å². The van der Waals surface area contributed by atoms with Gasteiger partial charge >= 0.3 is 0 Å². The molecule has 0 spiro atoms. The van der Waals surface area contributed by atoms with Crippen LogP contribution in [0, 0.1) is 0 Å².